The monoisotopic (exact) mass is 348 g/mol. The first kappa shape index (κ1) is 17.1. The van der Waals surface area contributed by atoms with Crippen LogP contribution in [-0.2, 0) is 11.3 Å². The third kappa shape index (κ3) is 2.88. The Kier molecular flexibility index (Phi) is 4.29. The minimum Gasteiger partial charge on any atom is -0.383 e. The molecule has 0 aliphatic carbocycles. The topological polar surface area (TPSA) is 119 Å². The Bertz CT molecular complexity index is 796. The Labute approximate surface area is 143 Å². The van der Waals surface area contributed by atoms with Gasteiger partial charge in [0.05, 0.1) is 18.8 Å². The number of aromatic nitrogens is 4. The summed E-state index contributed by atoms with van der Waals surface area (Å²) in [7, 11) is 1.62. The molecule has 1 N–H and O–H groups in total. The van der Waals surface area contributed by atoms with Crippen LogP contribution in [0, 0.1) is 15.5 Å². The van der Waals surface area contributed by atoms with Crippen molar-refractivity contribution in [3.63, 3.8) is 0 Å². The first-order valence-electron chi connectivity index (χ1n) is 7.85. The molecule has 0 spiro atoms. The van der Waals surface area contributed by atoms with E-state index in [2.05, 4.69) is 15.2 Å². The second kappa shape index (κ2) is 6.28. The van der Waals surface area contributed by atoms with Crippen LogP contribution in [0.15, 0.2) is 18.6 Å². The van der Waals surface area contributed by atoms with Gasteiger partial charge in [-0.1, -0.05) is 18.9 Å². The highest BCUT2D eigenvalue weighted by Crippen LogP contribution is 2.48. The molecule has 10 heteroatoms. The molecule has 1 amide bonds. The molecule has 25 heavy (non-hydrogen) atoms. The lowest BCUT2D eigenvalue weighted by Gasteiger charge is -2.53. The minimum atomic E-state index is -0.639. The fourth-order valence-electron chi connectivity index (χ4n) is 3.28. The van der Waals surface area contributed by atoms with Crippen molar-refractivity contribution in [2.24, 2.45) is 5.41 Å². The molecular weight excluding hydrogens is 328 g/mol. The number of aromatic amines is 1. The van der Waals surface area contributed by atoms with E-state index >= 15 is 0 Å². The Balaban J connectivity index is 1.90. The molecule has 1 aliphatic rings. The molecule has 2 aromatic heterocycles. The van der Waals surface area contributed by atoms with Gasteiger partial charge in [0, 0.05) is 38.0 Å². The normalized spacial score (nSPS) is 18.8. The maximum absolute atomic E-state index is 12.8. The molecule has 0 saturated carbocycles. The van der Waals surface area contributed by atoms with Gasteiger partial charge in [-0.2, -0.15) is 0 Å². The smallest absolute Gasteiger partial charge is 0.355 e. The quantitative estimate of drug-likeness (QED) is 0.622. The van der Waals surface area contributed by atoms with E-state index in [9.17, 15) is 14.9 Å². The van der Waals surface area contributed by atoms with Crippen LogP contribution in [-0.4, -0.2) is 55.7 Å². The summed E-state index contributed by atoms with van der Waals surface area (Å²) in [5.74, 6) is -0.0740. The zero-order valence-corrected chi connectivity index (χ0v) is 14.3. The van der Waals surface area contributed by atoms with Crippen LogP contribution in [0.25, 0.3) is 0 Å². The summed E-state index contributed by atoms with van der Waals surface area (Å²) in [6.07, 6.45) is 4.72. The molecule has 10 nitrogen and oxygen atoms in total. The second-order valence-electron chi connectivity index (χ2n) is 6.69. The predicted molar refractivity (Wildman–Crippen MR) is 86.9 cm³/mol. The number of methoxy groups -OCH3 is 1. The minimum absolute atomic E-state index is 0.0412. The van der Waals surface area contributed by atoms with Crippen molar-refractivity contribution < 1.29 is 14.5 Å². The second-order valence-corrected chi connectivity index (χ2v) is 6.69. The van der Waals surface area contributed by atoms with Crippen LogP contribution in [0.4, 0.5) is 5.82 Å². The van der Waals surface area contributed by atoms with Gasteiger partial charge >= 0.3 is 5.82 Å². The summed E-state index contributed by atoms with van der Waals surface area (Å²) in [4.78, 5) is 29.3. The molecule has 134 valence electrons. The maximum atomic E-state index is 12.8. The van der Waals surface area contributed by atoms with Crippen molar-refractivity contribution in [2.45, 2.75) is 26.4 Å². The number of amides is 1. The Morgan fingerprint density at radius 1 is 1.56 bits per heavy atom. The Hall–Kier alpha value is -2.75. The van der Waals surface area contributed by atoms with E-state index < -0.39 is 16.6 Å². The number of nitrogens with one attached hydrogen (secondary N) is 1. The van der Waals surface area contributed by atoms with Gasteiger partial charge in [-0.15, -0.1) is 5.10 Å². The van der Waals surface area contributed by atoms with Gasteiger partial charge < -0.3 is 24.3 Å². The van der Waals surface area contributed by atoms with E-state index in [0.29, 0.717) is 19.7 Å². The number of H-pyrrole nitrogens is 1. The lowest BCUT2D eigenvalue weighted by atomic mass is 9.74. The van der Waals surface area contributed by atoms with Gasteiger partial charge in [-0.25, -0.2) is 4.98 Å². The number of nitro groups is 1. The molecule has 1 fully saturated rings. The van der Waals surface area contributed by atoms with Gasteiger partial charge in [0.1, 0.15) is 5.82 Å². The fraction of sp³-hybridized carbons (Fsp3) is 0.533. The van der Waals surface area contributed by atoms with E-state index in [1.54, 1.807) is 18.2 Å². The SMILES string of the molecule is COCCn1ccnc1C1N(C(=O)c2cn[nH]c2[N+](=O)[O-])CC1(C)C. The molecule has 2 aromatic rings. The molecule has 0 aromatic carbocycles. The molecule has 1 saturated heterocycles. The molecular formula is C15H20N6O4. The summed E-state index contributed by atoms with van der Waals surface area (Å²) in [5, 5.41) is 17.0. The first-order chi connectivity index (χ1) is 11.9. The molecule has 1 atom stereocenters. The molecule has 0 bridgehead atoms. The van der Waals surface area contributed by atoms with Crippen LogP contribution in [0.5, 0.6) is 0 Å². The third-order valence-corrected chi connectivity index (χ3v) is 4.45. The van der Waals surface area contributed by atoms with Gasteiger partial charge in [0.2, 0.25) is 0 Å². The van der Waals surface area contributed by atoms with Crippen LogP contribution >= 0.6 is 0 Å². The zero-order valence-electron chi connectivity index (χ0n) is 14.3. The number of hydrogen-bond donors (Lipinski definition) is 1. The number of carbonyl (C=O) groups is 1. The number of carbonyl (C=O) groups excluding carboxylic acids is 1. The van der Waals surface area contributed by atoms with Crippen molar-refractivity contribution in [3.8, 4) is 0 Å². The first-order valence-corrected chi connectivity index (χ1v) is 7.85. The molecule has 1 aliphatic heterocycles. The summed E-state index contributed by atoms with van der Waals surface area (Å²) in [6.45, 7) is 5.71. The third-order valence-electron chi connectivity index (χ3n) is 4.45. The zero-order chi connectivity index (χ0) is 18.2. The maximum Gasteiger partial charge on any atom is 0.355 e. The van der Waals surface area contributed by atoms with Crippen LogP contribution < -0.4 is 0 Å². The van der Waals surface area contributed by atoms with E-state index in [1.165, 1.54) is 6.20 Å². The number of nitrogens with zero attached hydrogens (tertiary/aromatic N) is 5. The highest BCUT2D eigenvalue weighted by Gasteiger charge is 2.52. The molecule has 0 radical (unpaired) electrons. The summed E-state index contributed by atoms with van der Waals surface area (Å²) in [6, 6.07) is -0.277. The number of imidazole rings is 1. The average molecular weight is 348 g/mol. The molecule has 3 rings (SSSR count). The van der Waals surface area contributed by atoms with Gasteiger partial charge in [0.25, 0.3) is 5.91 Å². The van der Waals surface area contributed by atoms with Crippen LogP contribution in [0.3, 0.4) is 0 Å². The van der Waals surface area contributed by atoms with E-state index in [4.69, 9.17) is 4.74 Å². The molecule has 3 heterocycles. The average Bonchev–Trinajstić information content (AvgIpc) is 3.19. The number of hydrogen-bond acceptors (Lipinski definition) is 6. The van der Waals surface area contributed by atoms with Crippen LogP contribution in [0.1, 0.15) is 36.1 Å². The van der Waals surface area contributed by atoms with Crippen molar-refractivity contribution >= 4 is 11.7 Å². The number of likely N-dealkylation sites (tertiary alicyclic amines) is 1. The fourth-order valence-corrected chi connectivity index (χ4v) is 3.28. The summed E-state index contributed by atoms with van der Waals surface area (Å²) in [5.41, 5.74) is -0.231. The highest BCUT2D eigenvalue weighted by atomic mass is 16.6. The van der Waals surface area contributed by atoms with Crippen molar-refractivity contribution in [1.29, 1.82) is 0 Å². The van der Waals surface area contributed by atoms with Crippen molar-refractivity contribution in [1.82, 2.24) is 24.6 Å². The lowest BCUT2D eigenvalue weighted by molar-refractivity contribution is -0.389. The van der Waals surface area contributed by atoms with E-state index in [-0.39, 0.29) is 17.0 Å². The molecule has 1 unspecified atom stereocenters. The van der Waals surface area contributed by atoms with Gasteiger partial charge in [-0.3, -0.25) is 4.79 Å². The summed E-state index contributed by atoms with van der Waals surface area (Å²) < 4.78 is 7.06. The Morgan fingerprint density at radius 3 is 2.96 bits per heavy atom. The predicted octanol–water partition coefficient (Wildman–Crippen LogP) is 1.38. The van der Waals surface area contributed by atoms with Crippen molar-refractivity contribution in [2.75, 3.05) is 20.3 Å². The van der Waals surface area contributed by atoms with Gasteiger partial charge in [0.15, 0.2) is 5.56 Å². The van der Waals surface area contributed by atoms with Crippen molar-refractivity contribution in [3.05, 3.63) is 40.1 Å². The summed E-state index contributed by atoms with van der Waals surface area (Å²) >= 11 is 0. The highest BCUT2D eigenvalue weighted by molar-refractivity contribution is 5.98. The number of ether oxygens (including phenoxy) is 1. The lowest BCUT2D eigenvalue weighted by Crippen LogP contribution is -2.58. The van der Waals surface area contributed by atoms with E-state index in [1.807, 2.05) is 24.6 Å². The van der Waals surface area contributed by atoms with Crippen LogP contribution in [0.2, 0.25) is 0 Å². The number of rotatable bonds is 6. The standard InChI is InChI=1S/C15H20N6O4/c1-15(2)9-20(14(22)10-8-17-18-12(10)21(23)24)11(15)13-16-4-5-19(13)6-7-25-3/h4-5,8,11H,6-7,9H2,1-3H3,(H,17,18). The van der Waals surface area contributed by atoms with E-state index in [0.717, 1.165) is 5.82 Å². The van der Waals surface area contributed by atoms with Gasteiger partial charge in [-0.05, 0) is 4.92 Å². The largest absolute Gasteiger partial charge is 0.383 e. The Morgan fingerprint density at radius 2 is 2.32 bits per heavy atom.